The van der Waals surface area contributed by atoms with Gasteiger partial charge in [0.05, 0.1) is 12.6 Å². The van der Waals surface area contributed by atoms with E-state index in [0.717, 1.165) is 31.6 Å². The normalized spacial score (nSPS) is 19.3. The molecule has 2 fully saturated rings. The molecule has 1 amide bonds. The van der Waals surface area contributed by atoms with Crippen molar-refractivity contribution in [2.45, 2.75) is 32.7 Å². The van der Waals surface area contributed by atoms with Gasteiger partial charge in [-0.15, -0.1) is 12.4 Å². The Bertz CT molecular complexity index is 845. The van der Waals surface area contributed by atoms with E-state index >= 15 is 0 Å². The highest BCUT2D eigenvalue weighted by atomic mass is 35.5. The summed E-state index contributed by atoms with van der Waals surface area (Å²) in [7, 11) is 0. The van der Waals surface area contributed by atoms with Gasteiger partial charge in [0.25, 0.3) is 5.91 Å². The van der Waals surface area contributed by atoms with E-state index in [1.165, 1.54) is 0 Å². The third-order valence-corrected chi connectivity index (χ3v) is 5.43. The van der Waals surface area contributed by atoms with Crippen LogP contribution in [0, 0.1) is 6.92 Å². The molecule has 0 aromatic carbocycles. The van der Waals surface area contributed by atoms with Crippen molar-refractivity contribution < 1.29 is 9.53 Å². The molecule has 1 N–H and O–H groups in total. The van der Waals surface area contributed by atoms with E-state index in [2.05, 4.69) is 25.3 Å². The third-order valence-electron chi connectivity index (χ3n) is 5.43. The third kappa shape index (κ3) is 5.02. The number of amides is 1. The highest BCUT2D eigenvalue weighted by Crippen LogP contribution is 2.19. The molecule has 9 nitrogen and oxygen atoms in total. The molecule has 1 atom stereocenters. The Morgan fingerprint density at radius 3 is 2.77 bits per heavy atom. The van der Waals surface area contributed by atoms with Crippen LogP contribution >= 0.6 is 12.4 Å². The van der Waals surface area contributed by atoms with Gasteiger partial charge in [0.1, 0.15) is 5.69 Å². The van der Waals surface area contributed by atoms with Crippen LogP contribution in [0.2, 0.25) is 0 Å². The molecule has 0 bridgehead atoms. The van der Waals surface area contributed by atoms with Crippen molar-refractivity contribution in [1.82, 2.24) is 30.0 Å². The summed E-state index contributed by atoms with van der Waals surface area (Å²) in [5.74, 6) is 1.25. The van der Waals surface area contributed by atoms with Gasteiger partial charge in [-0.05, 0) is 39.3 Å². The van der Waals surface area contributed by atoms with Crippen LogP contribution in [0.5, 0.6) is 5.88 Å². The molecule has 4 heterocycles. The topological polar surface area (TPSA) is 88.4 Å². The van der Waals surface area contributed by atoms with Gasteiger partial charge in [-0.25, -0.2) is 4.98 Å². The first-order chi connectivity index (χ1) is 14.1. The fourth-order valence-electron chi connectivity index (χ4n) is 3.87. The van der Waals surface area contributed by atoms with Gasteiger partial charge in [0.15, 0.2) is 0 Å². The first-order valence-corrected chi connectivity index (χ1v) is 10.4. The van der Waals surface area contributed by atoms with Crippen LogP contribution in [0.4, 0.5) is 5.95 Å². The highest BCUT2D eigenvalue weighted by Gasteiger charge is 2.26. The van der Waals surface area contributed by atoms with E-state index in [1.807, 2.05) is 41.8 Å². The number of aryl methyl sites for hydroxylation is 1. The number of anilines is 1. The number of hydrogen-bond donors (Lipinski definition) is 1. The molecule has 2 aliphatic heterocycles. The van der Waals surface area contributed by atoms with Gasteiger partial charge in [-0.2, -0.15) is 10.1 Å². The molecular formula is C20H30ClN7O2. The summed E-state index contributed by atoms with van der Waals surface area (Å²) in [4.78, 5) is 25.9. The standard InChI is InChI=1S/C20H29N7O2.ClH/c1-3-29-18-13-15(2)22-20(23-18)26-11-9-25(10-12-26)19(28)17-6-8-27(24-17)16-5-4-7-21-14-16;/h6,8,13,16,21H,3-5,7,9-12,14H2,1-2H3;1H. The lowest BCUT2D eigenvalue weighted by Gasteiger charge is -2.34. The van der Waals surface area contributed by atoms with Crippen molar-refractivity contribution in [2.75, 3.05) is 50.8 Å². The predicted octanol–water partition coefficient (Wildman–Crippen LogP) is 1.69. The lowest BCUT2D eigenvalue weighted by atomic mass is 10.1. The van der Waals surface area contributed by atoms with E-state index in [1.54, 1.807) is 0 Å². The van der Waals surface area contributed by atoms with E-state index in [4.69, 9.17) is 4.74 Å². The number of carbonyl (C=O) groups excluding carboxylic acids is 1. The maximum Gasteiger partial charge on any atom is 0.274 e. The van der Waals surface area contributed by atoms with Crippen LogP contribution < -0.4 is 15.0 Å². The van der Waals surface area contributed by atoms with Crippen LogP contribution in [-0.4, -0.2) is 76.4 Å². The minimum atomic E-state index is -0.00710. The maximum absolute atomic E-state index is 12.9. The number of nitrogens with zero attached hydrogens (tertiary/aromatic N) is 6. The molecule has 0 radical (unpaired) electrons. The molecule has 164 valence electrons. The van der Waals surface area contributed by atoms with E-state index in [-0.39, 0.29) is 18.3 Å². The molecule has 2 aliphatic rings. The Labute approximate surface area is 183 Å². The van der Waals surface area contributed by atoms with Crippen molar-refractivity contribution in [3.05, 3.63) is 29.7 Å². The number of rotatable bonds is 5. The first kappa shape index (κ1) is 22.3. The second kappa shape index (κ2) is 10.1. The van der Waals surface area contributed by atoms with Crippen molar-refractivity contribution >= 4 is 24.3 Å². The number of carbonyl (C=O) groups is 1. The van der Waals surface area contributed by atoms with Gasteiger partial charge in [-0.3, -0.25) is 9.48 Å². The van der Waals surface area contributed by atoms with Crippen LogP contribution in [0.15, 0.2) is 18.3 Å². The van der Waals surface area contributed by atoms with Crippen LogP contribution in [0.3, 0.4) is 0 Å². The smallest absolute Gasteiger partial charge is 0.274 e. The summed E-state index contributed by atoms with van der Waals surface area (Å²) in [6.07, 6.45) is 4.17. The van der Waals surface area contributed by atoms with E-state index in [0.29, 0.717) is 56.4 Å². The quantitative estimate of drug-likeness (QED) is 0.764. The molecule has 0 spiro atoms. The van der Waals surface area contributed by atoms with Gasteiger partial charge in [0.2, 0.25) is 11.8 Å². The zero-order chi connectivity index (χ0) is 20.2. The van der Waals surface area contributed by atoms with Crippen LogP contribution in [0.25, 0.3) is 0 Å². The Morgan fingerprint density at radius 2 is 2.07 bits per heavy atom. The number of piperidine rings is 1. The number of ether oxygens (including phenoxy) is 1. The summed E-state index contributed by atoms with van der Waals surface area (Å²) in [6.45, 7) is 9.04. The van der Waals surface area contributed by atoms with Gasteiger partial charge < -0.3 is 19.9 Å². The lowest BCUT2D eigenvalue weighted by Crippen LogP contribution is -2.49. The molecule has 0 saturated carbocycles. The minimum absolute atomic E-state index is 0. The van der Waals surface area contributed by atoms with Crippen LogP contribution in [-0.2, 0) is 0 Å². The fraction of sp³-hybridized carbons (Fsp3) is 0.600. The SMILES string of the molecule is CCOc1cc(C)nc(N2CCN(C(=O)c3ccn(C4CCCNC4)n3)CC2)n1.Cl. The number of aromatic nitrogens is 4. The van der Waals surface area contributed by atoms with Crippen molar-refractivity contribution in [3.8, 4) is 5.88 Å². The molecule has 30 heavy (non-hydrogen) atoms. The van der Waals surface area contributed by atoms with Crippen molar-refractivity contribution in [2.24, 2.45) is 0 Å². The first-order valence-electron chi connectivity index (χ1n) is 10.4. The number of halogens is 1. The molecule has 4 rings (SSSR count). The highest BCUT2D eigenvalue weighted by molar-refractivity contribution is 5.92. The molecule has 1 unspecified atom stereocenters. The van der Waals surface area contributed by atoms with E-state index in [9.17, 15) is 4.79 Å². The fourth-order valence-corrected chi connectivity index (χ4v) is 3.87. The molecule has 2 aromatic heterocycles. The summed E-state index contributed by atoms with van der Waals surface area (Å²) < 4.78 is 7.47. The average Bonchev–Trinajstić information content (AvgIpc) is 3.24. The largest absolute Gasteiger partial charge is 0.478 e. The van der Waals surface area contributed by atoms with Crippen molar-refractivity contribution in [3.63, 3.8) is 0 Å². The summed E-state index contributed by atoms with van der Waals surface area (Å²) in [5, 5.41) is 7.95. The lowest BCUT2D eigenvalue weighted by molar-refractivity contribution is 0.0738. The Kier molecular flexibility index (Phi) is 7.49. The molecule has 0 aliphatic carbocycles. The summed E-state index contributed by atoms with van der Waals surface area (Å²) in [6, 6.07) is 4.01. The Balaban J connectivity index is 0.00000256. The molecule has 2 saturated heterocycles. The van der Waals surface area contributed by atoms with Crippen molar-refractivity contribution in [1.29, 1.82) is 0 Å². The van der Waals surface area contributed by atoms with Crippen LogP contribution in [0.1, 0.15) is 42.0 Å². The predicted molar refractivity (Wildman–Crippen MR) is 117 cm³/mol. The average molecular weight is 436 g/mol. The van der Waals surface area contributed by atoms with Gasteiger partial charge in [-0.1, -0.05) is 0 Å². The maximum atomic E-state index is 12.9. The second-order valence-corrected chi connectivity index (χ2v) is 7.54. The Hall–Kier alpha value is -2.39. The summed E-state index contributed by atoms with van der Waals surface area (Å²) >= 11 is 0. The minimum Gasteiger partial charge on any atom is -0.478 e. The summed E-state index contributed by atoms with van der Waals surface area (Å²) in [5.41, 5.74) is 1.40. The number of piperazine rings is 1. The zero-order valence-electron chi connectivity index (χ0n) is 17.6. The number of nitrogens with one attached hydrogen (secondary N) is 1. The monoisotopic (exact) mass is 435 g/mol. The molecule has 10 heteroatoms. The van der Waals surface area contributed by atoms with Gasteiger partial charge >= 0.3 is 0 Å². The molecule has 2 aromatic rings. The van der Waals surface area contributed by atoms with Gasteiger partial charge in [0, 0.05) is 50.7 Å². The number of hydrogen-bond acceptors (Lipinski definition) is 7. The van der Waals surface area contributed by atoms with E-state index < -0.39 is 0 Å². The zero-order valence-corrected chi connectivity index (χ0v) is 18.4. The molecular weight excluding hydrogens is 406 g/mol. The Morgan fingerprint density at radius 1 is 1.27 bits per heavy atom. The second-order valence-electron chi connectivity index (χ2n) is 7.54.